The van der Waals surface area contributed by atoms with E-state index >= 15 is 0 Å². The number of carbonyl (C=O) groups excluding carboxylic acids is 2. The number of rotatable bonds is 51. The van der Waals surface area contributed by atoms with Crippen LogP contribution in [0.15, 0.2) is 36.5 Å². The van der Waals surface area contributed by atoms with E-state index in [1.807, 2.05) is 0 Å². The van der Waals surface area contributed by atoms with Crippen LogP contribution in [0.1, 0.15) is 290 Å². The highest BCUT2D eigenvalue weighted by molar-refractivity contribution is 5.76. The first kappa shape index (κ1) is 61.1. The first-order valence-electron chi connectivity index (χ1n) is 27.7. The van der Waals surface area contributed by atoms with E-state index in [0.29, 0.717) is 25.9 Å². The molecule has 0 fully saturated rings. The Balaban J connectivity index is 3.41. The molecule has 0 saturated heterocycles. The van der Waals surface area contributed by atoms with Gasteiger partial charge in [0.15, 0.2) is 0 Å². The fraction of sp³-hybridized carbons (Fsp3) is 0.860. The lowest BCUT2D eigenvalue weighted by Gasteiger charge is -2.22. The molecule has 2 atom stereocenters. The van der Waals surface area contributed by atoms with E-state index in [1.165, 1.54) is 205 Å². The molecule has 0 rings (SSSR count). The highest BCUT2D eigenvalue weighted by Crippen LogP contribution is 2.16. The second-order valence-corrected chi connectivity index (χ2v) is 18.9. The van der Waals surface area contributed by atoms with Crippen molar-refractivity contribution in [1.82, 2.24) is 5.32 Å². The minimum absolute atomic E-state index is 0.00205. The second kappa shape index (κ2) is 52.7. The predicted molar refractivity (Wildman–Crippen MR) is 273 cm³/mol. The SMILES string of the molecule is CCCCC/C=C\C/C=C\CCCCCCCCCC(=O)OCCCCCCCCCCC/C=C\CCCCCCCCCC(=O)NC(CO)C(O)CCCCCCCCCCC. The third-order valence-electron chi connectivity index (χ3n) is 12.7. The number of carbonyl (C=O) groups is 2. The number of allylic oxidation sites excluding steroid dienone is 6. The number of hydrogen-bond acceptors (Lipinski definition) is 5. The minimum Gasteiger partial charge on any atom is -0.466 e. The first-order chi connectivity index (χ1) is 31.0. The Hall–Kier alpha value is -1.92. The maximum atomic E-state index is 12.4. The highest BCUT2D eigenvalue weighted by atomic mass is 16.5. The van der Waals surface area contributed by atoms with Gasteiger partial charge in [0.25, 0.3) is 0 Å². The van der Waals surface area contributed by atoms with E-state index in [1.54, 1.807) is 0 Å². The number of esters is 1. The maximum absolute atomic E-state index is 12.4. The van der Waals surface area contributed by atoms with E-state index in [0.717, 1.165) is 51.4 Å². The summed E-state index contributed by atoms with van der Waals surface area (Å²) in [6.07, 6.45) is 64.2. The summed E-state index contributed by atoms with van der Waals surface area (Å²) in [5, 5.41) is 23.1. The largest absolute Gasteiger partial charge is 0.466 e. The third kappa shape index (κ3) is 49.4. The van der Waals surface area contributed by atoms with Crippen LogP contribution in [0, 0.1) is 0 Å². The summed E-state index contributed by atoms with van der Waals surface area (Å²) in [6.45, 7) is 4.89. The van der Waals surface area contributed by atoms with Gasteiger partial charge >= 0.3 is 5.97 Å². The Morgan fingerprint density at radius 3 is 1.25 bits per heavy atom. The molecule has 0 aromatic heterocycles. The average molecular weight is 886 g/mol. The van der Waals surface area contributed by atoms with Gasteiger partial charge in [0, 0.05) is 12.8 Å². The Kier molecular flexibility index (Phi) is 51.1. The van der Waals surface area contributed by atoms with Crippen molar-refractivity contribution < 1.29 is 24.5 Å². The molecule has 6 heteroatoms. The van der Waals surface area contributed by atoms with Crippen LogP contribution in [0.2, 0.25) is 0 Å². The molecule has 0 aliphatic rings. The van der Waals surface area contributed by atoms with Crippen molar-refractivity contribution in [3.63, 3.8) is 0 Å². The molecular weight excluding hydrogens is 779 g/mol. The van der Waals surface area contributed by atoms with Crippen LogP contribution in [-0.2, 0) is 14.3 Å². The number of amides is 1. The summed E-state index contributed by atoms with van der Waals surface area (Å²) in [5.74, 6) is -0.0487. The van der Waals surface area contributed by atoms with Crippen LogP contribution in [0.4, 0.5) is 0 Å². The van der Waals surface area contributed by atoms with Crippen molar-refractivity contribution in [2.45, 2.75) is 302 Å². The lowest BCUT2D eigenvalue weighted by molar-refractivity contribution is -0.143. The monoisotopic (exact) mass is 886 g/mol. The fourth-order valence-electron chi connectivity index (χ4n) is 8.37. The summed E-state index contributed by atoms with van der Waals surface area (Å²) in [5.41, 5.74) is 0. The quantitative estimate of drug-likeness (QED) is 0.0321. The topological polar surface area (TPSA) is 95.9 Å². The molecule has 0 radical (unpaired) electrons. The van der Waals surface area contributed by atoms with Crippen molar-refractivity contribution in [2.24, 2.45) is 0 Å². The van der Waals surface area contributed by atoms with Crippen LogP contribution in [0.25, 0.3) is 0 Å². The third-order valence-corrected chi connectivity index (χ3v) is 12.7. The van der Waals surface area contributed by atoms with Gasteiger partial charge in [-0.05, 0) is 83.5 Å². The number of aliphatic hydroxyl groups excluding tert-OH is 2. The number of aliphatic hydroxyl groups is 2. The summed E-state index contributed by atoms with van der Waals surface area (Å²) < 4.78 is 5.48. The van der Waals surface area contributed by atoms with Gasteiger partial charge in [-0.15, -0.1) is 0 Å². The first-order valence-corrected chi connectivity index (χ1v) is 27.7. The van der Waals surface area contributed by atoms with Gasteiger partial charge in [-0.1, -0.05) is 230 Å². The average Bonchev–Trinajstić information content (AvgIpc) is 3.28. The van der Waals surface area contributed by atoms with E-state index in [-0.39, 0.29) is 18.5 Å². The van der Waals surface area contributed by atoms with Gasteiger partial charge in [-0.25, -0.2) is 0 Å². The van der Waals surface area contributed by atoms with Gasteiger partial charge in [0.05, 0.1) is 25.4 Å². The molecule has 63 heavy (non-hydrogen) atoms. The zero-order valence-electron chi connectivity index (χ0n) is 42.1. The van der Waals surface area contributed by atoms with Crippen LogP contribution in [-0.4, -0.2) is 47.4 Å². The Bertz CT molecular complexity index is 1020. The summed E-state index contributed by atoms with van der Waals surface area (Å²) in [7, 11) is 0. The Labute approximate surface area is 392 Å². The molecule has 370 valence electrons. The van der Waals surface area contributed by atoms with Gasteiger partial charge in [0.1, 0.15) is 0 Å². The molecule has 0 heterocycles. The van der Waals surface area contributed by atoms with Crippen molar-refractivity contribution in [1.29, 1.82) is 0 Å². The smallest absolute Gasteiger partial charge is 0.305 e. The standard InChI is InChI=1S/C57H107NO5/c1-3-5-7-9-11-13-14-15-16-21-25-28-31-35-39-43-47-51-57(62)63-52-48-44-40-36-32-29-26-23-20-18-17-19-22-24-27-30-34-38-42-46-50-56(61)58-54(53-59)55(60)49-45-41-37-33-12-10-8-6-4-2/h11,13,15-17,19,54-55,59-60H,3-10,12,14,18,20-53H2,1-2H3,(H,58,61)/b13-11-,16-15-,19-17-. The lowest BCUT2D eigenvalue weighted by atomic mass is 10.0. The molecule has 0 spiro atoms. The number of unbranched alkanes of at least 4 members (excludes halogenated alkanes) is 34. The minimum atomic E-state index is -0.668. The zero-order valence-corrected chi connectivity index (χ0v) is 42.1. The molecular formula is C57H107NO5. The van der Waals surface area contributed by atoms with Gasteiger partial charge < -0.3 is 20.3 Å². The molecule has 0 aromatic carbocycles. The summed E-state index contributed by atoms with van der Waals surface area (Å²) in [4.78, 5) is 24.4. The summed E-state index contributed by atoms with van der Waals surface area (Å²) in [6, 6.07) is -0.546. The summed E-state index contributed by atoms with van der Waals surface area (Å²) >= 11 is 0. The molecule has 0 saturated carbocycles. The zero-order chi connectivity index (χ0) is 45.8. The predicted octanol–water partition coefficient (Wildman–Crippen LogP) is 16.9. The number of ether oxygens (including phenoxy) is 1. The molecule has 0 aromatic rings. The Morgan fingerprint density at radius 1 is 0.444 bits per heavy atom. The van der Waals surface area contributed by atoms with Crippen LogP contribution in [0.3, 0.4) is 0 Å². The van der Waals surface area contributed by atoms with E-state index in [9.17, 15) is 19.8 Å². The van der Waals surface area contributed by atoms with Gasteiger partial charge in [0.2, 0.25) is 5.91 Å². The van der Waals surface area contributed by atoms with Crippen LogP contribution >= 0.6 is 0 Å². The van der Waals surface area contributed by atoms with Gasteiger partial charge in [-0.2, -0.15) is 0 Å². The maximum Gasteiger partial charge on any atom is 0.305 e. The molecule has 0 aliphatic carbocycles. The molecule has 0 aliphatic heterocycles. The van der Waals surface area contributed by atoms with E-state index in [2.05, 4.69) is 55.6 Å². The lowest BCUT2D eigenvalue weighted by Crippen LogP contribution is -2.45. The highest BCUT2D eigenvalue weighted by Gasteiger charge is 2.20. The molecule has 6 nitrogen and oxygen atoms in total. The van der Waals surface area contributed by atoms with Crippen molar-refractivity contribution in [3.05, 3.63) is 36.5 Å². The molecule has 1 amide bonds. The Morgan fingerprint density at radius 2 is 0.794 bits per heavy atom. The molecule has 2 unspecified atom stereocenters. The molecule has 3 N–H and O–H groups in total. The van der Waals surface area contributed by atoms with Crippen LogP contribution in [0.5, 0.6) is 0 Å². The van der Waals surface area contributed by atoms with E-state index < -0.39 is 12.1 Å². The van der Waals surface area contributed by atoms with Gasteiger partial charge in [-0.3, -0.25) is 9.59 Å². The van der Waals surface area contributed by atoms with Crippen LogP contribution < -0.4 is 5.32 Å². The van der Waals surface area contributed by atoms with Crippen molar-refractivity contribution in [3.8, 4) is 0 Å². The number of nitrogens with one attached hydrogen (secondary N) is 1. The number of hydrogen-bond donors (Lipinski definition) is 3. The van der Waals surface area contributed by atoms with E-state index in [4.69, 9.17) is 4.74 Å². The van der Waals surface area contributed by atoms with Crippen molar-refractivity contribution >= 4 is 11.9 Å². The molecule has 0 bridgehead atoms. The fourth-order valence-corrected chi connectivity index (χ4v) is 8.37. The normalized spacial score (nSPS) is 12.9. The van der Waals surface area contributed by atoms with Crippen molar-refractivity contribution in [2.75, 3.05) is 13.2 Å². The second-order valence-electron chi connectivity index (χ2n) is 18.9.